The van der Waals surface area contributed by atoms with Crippen LogP contribution in [-0.2, 0) is 0 Å². The minimum atomic E-state index is -1.51. The number of carboxylic acids is 2. The quantitative estimate of drug-likeness (QED) is 0.753. The van der Waals surface area contributed by atoms with Crippen molar-refractivity contribution in [2.75, 3.05) is 21.3 Å². The smallest absolute Gasteiger partial charge is 0.343 e. The normalized spacial score (nSPS) is 9.19. The molecule has 0 aliphatic heterocycles. The number of carboxylic acid groups (broad SMARTS) is 2. The maximum Gasteiger partial charge on any atom is 0.343 e. The number of aromatic hydroxyl groups is 1. The van der Waals surface area contributed by atoms with Crippen molar-refractivity contribution in [1.82, 2.24) is 0 Å². The minimum Gasteiger partial charge on any atom is -0.504 e. The molecule has 0 saturated carbocycles. The van der Waals surface area contributed by atoms with Crippen LogP contribution in [0.5, 0.6) is 23.0 Å². The molecule has 0 spiro atoms. The third kappa shape index (κ3) is 3.28. The monoisotopic (exact) mass is 302 g/mol. The SMILES string of the molecule is CC.COc1c(OC)c(C(=O)O)c(OC)c(O)c1C(=O)O. The number of ether oxygens (including phenoxy) is 3. The Balaban J connectivity index is 0.00000191. The van der Waals surface area contributed by atoms with Crippen LogP contribution >= 0.6 is 0 Å². The van der Waals surface area contributed by atoms with Crippen LogP contribution < -0.4 is 14.2 Å². The summed E-state index contributed by atoms with van der Waals surface area (Å²) in [6.07, 6.45) is 0. The van der Waals surface area contributed by atoms with Gasteiger partial charge in [0.2, 0.25) is 0 Å². The molecule has 118 valence electrons. The van der Waals surface area contributed by atoms with Gasteiger partial charge in [0.15, 0.2) is 34.1 Å². The first-order valence-corrected chi connectivity index (χ1v) is 5.92. The van der Waals surface area contributed by atoms with Gasteiger partial charge >= 0.3 is 11.9 Å². The van der Waals surface area contributed by atoms with Crippen molar-refractivity contribution in [3.8, 4) is 23.0 Å². The van der Waals surface area contributed by atoms with E-state index in [1.165, 1.54) is 0 Å². The van der Waals surface area contributed by atoms with Crippen molar-refractivity contribution in [3.05, 3.63) is 11.1 Å². The highest BCUT2D eigenvalue weighted by atomic mass is 16.5. The standard InChI is InChI=1S/C11H12O8.C2H6/c1-17-7-5(11(15)16)9(19-3)8(18-2)4(6(7)12)10(13)14;1-2/h12H,1-3H3,(H,13,14)(H,15,16);1-2H3. The van der Waals surface area contributed by atoms with E-state index in [0.717, 1.165) is 21.3 Å². The van der Waals surface area contributed by atoms with E-state index in [4.69, 9.17) is 24.4 Å². The first kappa shape index (κ1) is 18.4. The van der Waals surface area contributed by atoms with E-state index in [0.29, 0.717) is 0 Å². The number of methoxy groups -OCH3 is 3. The van der Waals surface area contributed by atoms with Crippen LogP contribution in [0.4, 0.5) is 0 Å². The summed E-state index contributed by atoms with van der Waals surface area (Å²) in [6.45, 7) is 4.00. The number of phenols is 1. The summed E-state index contributed by atoms with van der Waals surface area (Å²) in [4.78, 5) is 22.3. The third-order valence-corrected chi connectivity index (χ3v) is 2.38. The van der Waals surface area contributed by atoms with E-state index in [9.17, 15) is 14.7 Å². The van der Waals surface area contributed by atoms with Crippen LogP contribution in [0.3, 0.4) is 0 Å². The summed E-state index contributed by atoms with van der Waals surface area (Å²) in [5.41, 5.74) is -1.16. The first-order chi connectivity index (χ1) is 9.90. The number of hydrogen-bond donors (Lipinski definition) is 3. The van der Waals surface area contributed by atoms with Crippen molar-refractivity contribution in [2.24, 2.45) is 0 Å². The summed E-state index contributed by atoms with van der Waals surface area (Å²) in [5, 5.41) is 28.0. The molecule has 0 atom stereocenters. The van der Waals surface area contributed by atoms with Crippen LogP contribution in [0, 0.1) is 0 Å². The molecule has 8 nitrogen and oxygen atoms in total. The van der Waals surface area contributed by atoms with Gasteiger partial charge in [0.1, 0.15) is 0 Å². The molecule has 0 saturated heterocycles. The molecule has 0 unspecified atom stereocenters. The Morgan fingerprint density at radius 3 is 1.38 bits per heavy atom. The van der Waals surface area contributed by atoms with E-state index in [2.05, 4.69) is 0 Å². The Morgan fingerprint density at radius 1 is 0.762 bits per heavy atom. The second-order valence-corrected chi connectivity index (χ2v) is 3.31. The van der Waals surface area contributed by atoms with Crippen LogP contribution in [0.15, 0.2) is 0 Å². The molecular formula is C13H18O8. The lowest BCUT2D eigenvalue weighted by Gasteiger charge is -2.17. The van der Waals surface area contributed by atoms with E-state index in [1.807, 2.05) is 13.8 Å². The Bertz CT molecular complexity index is 536. The summed E-state index contributed by atoms with van der Waals surface area (Å²) in [6, 6.07) is 0. The van der Waals surface area contributed by atoms with E-state index in [-0.39, 0.29) is 5.75 Å². The zero-order chi connectivity index (χ0) is 16.7. The molecule has 21 heavy (non-hydrogen) atoms. The summed E-state index contributed by atoms with van der Waals surface area (Å²) >= 11 is 0. The van der Waals surface area contributed by atoms with Gasteiger partial charge in [0.05, 0.1) is 21.3 Å². The van der Waals surface area contributed by atoms with E-state index < -0.39 is 40.3 Å². The van der Waals surface area contributed by atoms with Crippen molar-refractivity contribution >= 4 is 11.9 Å². The molecule has 3 N–H and O–H groups in total. The summed E-state index contributed by atoms with van der Waals surface area (Å²) in [5.74, 6) is -5.07. The highest BCUT2D eigenvalue weighted by molar-refractivity contribution is 6.03. The molecule has 0 bridgehead atoms. The largest absolute Gasteiger partial charge is 0.504 e. The van der Waals surface area contributed by atoms with Gasteiger partial charge in [-0.3, -0.25) is 0 Å². The van der Waals surface area contributed by atoms with Crippen molar-refractivity contribution < 1.29 is 39.1 Å². The molecule has 0 fully saturated rings. The molecule has 0 aromatic heterocycles. The van der Waals surface area contributed by atoms with Gasteiger partial charge in [-0.05, 0) is 0 Å². The molecule has 0 amide bonds. The molecule has 0 aliphatic rings. The minimum absolute atomic E-state index is 0.345. The van der Waals surface area contributed by atoms with Crippen LogP contribution in [-0.4, -0.2) is 48.6 Å². The summed E-state index contributed by atoms with van der Waals surface area (Å²) < 4.78 is 14.4. The van der Waals surface area contributed by atoms with Crippen molar-refractivity contribution in [2.45, 2.75) is 13.8 Å². The lowest BCUT2D eigenvalue weighted by atomic mass is 10.0. The average molecular weight is 302 g/mol. The zero-order valence-corrected chi connectivity index (χ0v) is 12.4. The fourth-order valence-electron chi connectivity index (χ4n) is 1.65. The highest BCUT2D eigenvalue weighted by Gasteiger charge is 2.33. The fourth-order valence-corrected chi connectivity index (χ4v) is 1.65. The highest BCUT2D eigenvalue weighted by Crippen LogP contribution is 2.47. The fraction of sp³-hybridized carbons (Fsp3) is 0.385. The van der Waals surface area contributed by atoms with Crippen molar-refractivity contribution in [3.63, 3.8) is 0 Å². The van der Waals surface area contributed by atoms with Crippen LogP contribution in [0.1, 0.15) is 34.6 Å². The predicted octanol–water partition coefficient (Wildman–Crippen LogP) is 1.84. The average Bonchev–Trinajstić information content (AvgIpc) is 2.46. The first-order valence-electron chi connectivity index (χ1n) is 5.92. The van der Waals surface area contributed by atoms with Crippen molar-refractivity contribution in [1.29, 1.82) is 0 Å². The zero-order valence-electron chi connectivity index (χ0n) is 12.4. The van der Waals surface area contributed by atoms with Crippen LogP contribution in [0.2, 0.25) is 0 Å². The number of hydrogen-bond acceptors (Lipinski definition) is 6. The lowest BCUT2D eigenvalue weighted by molar-refractivity contribution is 0.0666. The Morgan fingerprint density at radius 2 is 1.10 bits per heavy atom. The molecule has 8 heteroatoms. The second kappa shape index (κ2) is 7.83. The molecular weight excluding hydrogens is 284 g/mol. The second-order valence-electron chi connectivity index (χ2n) is 3.31. The number of carbonyl (C=O) groups is 2. The van der Waals surface area contributed by atoms with Gasteiger partial charge in [-0.25, -0.2) is 9.59 Å². The third-order valence-electron chi connectivity index (χ3n) is 2.38. The summed E-state index contributed by atoms with van der Waals surface area (Å²) in [7, 11) is 3.37. The molecule has 1 aromatic rings. The van der Waals surface area contributed by atoms with Gasteiger partial charge in [0, 0.05) is 0 Å². The molecule has 1 rings (SSSR count). The number of rotatable bonds is 5. The van der Waals surface area contributed by atoms with E-state index in [1.54, 1.807) is 0 Å². The lowest BCUT2D eigenvalue weighted by Crippen LogP contribution is -2.10. The van der Waals surface area contributed by atoms with Gasteiger partial charge < -0.3 is 29.5 Å². The van der Waals surface area contributed by atoms with Gasteiger partial charge in [-0.15, -0.1) is 0 Å². The Kier molecular flexibility index (Phi) is 6.85. The molecule has 0 heterocycles. The maximum absolute atomic E-state index is 11.2. The topological polar surface area (TPSA) is 123 Å². The Labute approximate surface area is 121 Å². The molecule has 1 aromatic carbocycles. The number of aromatic carboxylic acids is 2. The Hall–Kier alpha value is -2.64. The maximum atomic E-state index is 11.2. The van der Waals surface area contributed by atoms with Gasteiger partial charge in [0.25, 0.3) is 0 Å². The number of benzene rings is 1. The van der Waals surface area contributed by atoms with E-state index >= 15 is 0 Å². The molecule has 0 radical (unpaired) electrons. The van der Waals surface area contributed by atoms with Gasteiger partial charge in [-0.2, -0.15) is 0 Å². The predicted molar refractivity (Wildman–Crippen MR) is 73.0 cm³/mol. The molecule has 0 aliphatic carbocycles. The van der Waals surface area contributed by atoms with Crippen LogP contribution in [0.25, 0.3) is 0 Å². The van der Waals surface area contributed by atoms with Gasteiger partial charge in [-0.1, -0.05) is 13.8 Å².